The number of amides is 2. The second-order valence-electron chi connectivity index (χ2n) is 6.04. The molecule has 0 aromatic carbocycles. The first-order valence-corrected chi connectivity index (χ1v) is 6.56. The van der Waals surface area contributed by atoms with Crippen molar-refractivity contribution in [2.45, 2.75) is 64.3 Å². The molecule has 6 heteroatoms. The molecule has 19 heavy (non-hydrogen) atoms. The van der Waals surface area contributed by atoms with Gasteiger partial charge in [-0.25, -0.2) is 9.59 Å². The second-order valence-corrected chi connectivity index (χ2v) is 6.04. The zero-order valence-corrected chi connectivity index (χ0v) is 12.3. The molecule has 2 atom stereocenters. The van der Waals surface area contributed by atoms with E-state index in [-0.39, 0.29) is 12.1 Å². The summed E-state index contributed by atoms with van der Waals surface area (Å²) < 4.78 is 5.60. The van der Waals surface area contributed by atoms with Gasteiger partial charge in [-0.2, -0.15) is 0 Å². The average molecular weight is 272 g/mol. The molecule has 2 N–H and O–H groups in total. The molecular formula is C13H24N2O4. The van der Waals surface area contributed by atoms with Crippen molar-refractivity contribution in [2.24, 2.45) is 0 Å². The molecule has 6 nitrogen and oxygen atoms in total. The quantitative estimate of drug-likeness (QED) is 0.794. The number of hydrogen-bond donors (Lipinski definition) is 2. The molecule has 2 amide bonds. The summed E-state index contributed by atoms with van der Waals surface area (Å²) in [5.74, 6) is -1.09. The maximum absolute atomic E-state index is 11.9. The van der Waals surface area contributed by atoms with E-state index < -0.39 is 23.7 Å². The van der Waals surface area contributed by atoms with E-state index in [1.54, 1.807) is 18.9 Å². The number of aliphatic carboxylic acids is 1. The summed E-state index contributed by atoms with van der Waals surface area (Å²) in [5.41, 5.74) is -0.458. The Hall–Kier alpha value is -1.30. The third kappa shape index (κ3) is 5.06. The van der Waals surface area contributed by atoms with Gasteiger partial charge in [0.2, 0.25) is 0 Å². The molecule has 1 rings (SSSR count). The lowest BCUT2D eigenvalue weighted by atomic mass is 10.1. The van der Waals surface area contributed by atoms with E-state index in [0.29, 0.717) is 0 Å². The third-order valence-electron chi connectivity index (χ3n) is 2.97. The average Bonchev–Trinajstić information content (AvgIpc) is 3.04. The van der Waals surface area contributed by atoms with E-state index in [0.717, 1.165) is 12.8 Å². The van der Waals surface area contributed by atoms with Crippen molar-refractivity contribution < 1.29 is 19.4 Å². The molecule has 1 fully saturated rings. The molecular weight excluding hydrogens is 248 g/mol. The van der Waals surface area contributed by atoms with Crippen molar-refractivity contribution in [2.75, 3.05) is 7.05 Å². The first-order chi connectivity index (χ1) is 8.61. The smallest absolute Gasteiger partial charge is 0.328 e. The lowest BCUT2D eigenvalue weighted by molar-refractivity contribution is -0.146. The molecule has 0 aromatic rings. The van der Waals surface area contributed by atoms with E-state index in [1.807, 2.05) is 20.8 Å². The van der Waals surface area contributed by atoms with Gasteiger partial charge in [-0.05, 0) is 40.5 Å². The van der Waals surface area contributed by atoms with E-state index in [4.69, 9.17) is 4.74 Å². The van der Waals surface area contributed by atoms with Crippen molar-refractivity contribution in [3.63, 3.8) is 0 Å². The zero-order valence-electron chi connectivity index (χ0n) is 12.3. The summed E-state index contributed by atoms with van der Waals surface area (Å²) >= 11 is 0. The summed E-state index contributed by atoms with van der Waals surface area (Å²) in [7, 11) is 1.68. The van der Waals surface area contributed by atoms with E-state index in [1.165, 1.54) is 0 Å². The Bertz CT molecular complexity index is 347. The van der Waals surface area contributed by atoms with Crippen molar-refractivity contribution in [1.82, 2.24) is 10.2 Å². The second kappa shape index (κ2) is 5.77. The van der Waals surface area contributed by atoms with Crippen molar-refractivity contribution in [1.29, 1.82) is 0 Å². The Morgan fingerprint density at radius 3 is 2.26 bits per heavy atom. The number of carboxylic acids is 1. The van der Waals surface area contributed by atoms with Gasteiger partial charge < -0.3 is 20.1 Å². The van der Waals surface area contributed by atoms with Crippen LogP contribution in [-0.4, -0.2) is 52.8 Å². The SMILES string of the molecule is C[C@@H](OC(C)(C)C)[C@H](NC(=O)N(C)C1CC1)C(=O)O. The molecule has 1 aliphatic rings. The number of nitrogens with zero attached hydrogens (tertiary/aromatic N) is 1. The number of carbonyl (C=O) groups excluding carboxylic acids is 1. The molecule has 0 bridgehead atoms. The van der Waals surface area contributed by atoms with Crippen LogP contribution in [0.2, 0.25) is 0 Å². The monoisotopic (exact) mass is 272 g/mol. The highest BCUT2D eigenvalue weighted by atomic mass is 16.5. The topological polar surface area (TPSA) is 78.9 Å². The van der Waals surface area contributed by atoms with Crippen LogP contribution in [0.1, 0.15) is 40.5 Å². The minimum Gasteiger partial charge on any atom is -0.480 e. The van der Waals surface area contributed by atoms with Crippen molar-refractivity contribution in [3.05, 3.63) is 0 Å². The third-order valence-corrected chi connectivity index (χ3v) is 2.97. The van der Waals surface area contributed by atoms with Gasteiger partial charge in [-0.15, -0.1) is 0 Å². The molecule has 1 saturated carbocycles. The van der Waals surface area contributed by atoms with Crippen LogP contribution in [0.25, 0.3) is 0 Å². The Morgan fingerprint density at radius 2 is 1.89 bits per heavy atom. The highest BCUT2D eigenvalue weighted by molar-refractivity contribution is 5.83. The van der Waals surface area contributed by atoms with Gasteiger partial charge >= 0.3 is 12.0 Å². The lowest BCUT2D eigenvalue weighted by Crippen LogP contribution is -2.53. The van der Waals surface area contributed by atoms with Crippen LogP contribution in [-0.2, 0) is 9.53 Å². The Labute approximate surface area is 114 Å². The molecule has 110 valence electrons. The van der Waals surface area contributed by atoms with E-state index in [9.17, 15) is 14.7 Å². The van der Waals surface area contributed by atoms with E-state index in [2.05, 4.69) is 5.32 Å². The normalized spacial score (nSPS) is 18.6. The first-order valence-electron chi connectivity index (χ1n) is 6.56. The number of carboxylic acid groups (broad SMARTS) is 1. The van der Waals surface area contributed by atoms with Crippen molar-refractivity contribution >= 4 is 12.0 Å². The highest BCUT2D eigenvalue weighted by Crippen LogP contribution is 2.25. The van der Waals surface area contributed by atoms with Gasteiger partial charge in [0.15, 0.2) is 6.04 Å². The molecule has 0 aliphatic heterocycles. The van der Waals surface area contributed by atoms with Crippen LogP contribution in [0.4, 0.5) is 4.79 Å². The molecule has 1 aliphatic carbocycles. The maximum atomic E-state index is 11.9. The summed E-state index contributed by atoms with van der Waals surface area (Å²) in [6.45, 7) is 7.20. The van der Waals surface area contributed by atoms with Crippen molar-refractivity contribution in [3.8, 4) is 0 Å². The summed E-state index contributed by atoms with van der Waals surface area (Å²) in [6, 6.07) is -1.17. The van der Waals surface area contributed by atoms with Crippen LogP contribution >= 0.6 is 0 Å². The minimum atomic E-state index is -1.09. The van der Waals surface area contributed by atoms with Gasteiger partial charge in [0.05, 0.1) is 11.7 Å². The zero-order chi connectivity index (χ0) is 14.8. The fourth-order valence-corrected chi connectivity index (χ4v) is 1.87. The first kappa shape index (κ1) is 15.8. The Morgan fingerprint density at radius 1 is 1.37 bits per heavy atom. The maximum Gasteiger partial charge on any atom is 0.328 e. The van der Waals surface area contributed by atoms with Gasteiger partial charge in [0, 0.05) is 13.1 Å². The number of rotatable bonds is 5. The van der Waals surface area contributed by atoms with Gasteiger partial charge in [0.25, 0.3) is 0 Å². The van der Waals surface area contributed by atoms with Crippen LogP contribution in [0, 0.1) is 0 Å². The number of nitrogens with one attached hydrogen (secondary N) is 1. The molecule has 0 aromatic heterocycles. The van der Waals surface area contributed by atoms with Crippen LogP contribution in [0.5, 0.6) is 0 Å². The summed E-state index contributed by atoms with van der Waals surface area (Å²) in [4.78, 5) is 24.7. The molecule has 0 saturated heterocycles. The van der Waals surface area contributed by atoms with Crippen LogP contribution in [0.3, 0.4) is 0 Å². The molecule has 0 spiro atoms. The number of carbonyl (C=O) groups is 2. The summed E-state index contributed by atoms with van der Waals surface area (Å²) in [6.07, 6.45) is 1.36. The largest absolute Gasteiger partial charge is 0.480 e. The van der Waals surface area contributed by atoms with E-state index >= 15 is 0 Å². The molecule has 0 unspecified atom stereocenters. The molecule has 0 radical (unpaired) electrons. The predicted molar refractivity (Wildman–Crippen MR) is 71.0 cm³/mol. The molecule has 0 heterocycles. The van der Waals surface area contributed by atoms with Gasteiger partial charge in [-0.3, -0.25) is 0 Å². The minimum absolute atomic E-state index is 0.244. The van der Waals surface area contributed by atoms with Gasteiger partial charge in [0.1, 0.15) is 0 Å². The lowest BCUT2D eigenvalue weighted by Gasteiger charge is -2.30. The number of urea groups is 1. The Balaban J connectivity index is 2.61. The standard InChI is InChI=1S/C13H24N2O4/c1-8(19-13(2,3)4)10(11(16)17)14-12(18)15(5)9-6-7-9/h8-10H,6-7H2,1-5H3,(H,14,18)(H,16,17)/t8-,10+/m1/s1. The highest BCUT2D eigenvalue weighted by Gasteiger charge is 2.34. The fourth-order valence-electron chi connectivity index (χ4n) is 1.87. The number of hydrogen-bond acceptors (Lipinski definition) is 3. The fraction of sp³-hybridized carbons (Fsp3) is 0.846. The summed E-state index contributed by atoms with van der Waals surface area (Å²) in [5, 5.41) is 11.7. The van der Waals surface area contributed by atoms with Crippen LogP contribution < -0.4 is 5.32 Å². The van der Waals surface area contributed by atoms with Gasteiger partial charge in [-0.1, -0.05) is 0 Å². The van der Waals surface area contributed by atoms with Crippen LogP contribution in [0.15, 0.2) is 0 Å². The Kier molecular flexibility index (Phi) is 4.79. The predicted octanol–water partition coefficient (Wildman–Crippen LogP) is 1.45. The number of ether oxygens (including phenoxy) is 1.